The lowest BCUT2D eigenvalue weighted by molar-refractivity contribution is 0.0757. The molecule has 0 aromatic carbocycles. The fourth-order valence-corrected chi connectivity index (χ4v) is 5.03. The third kappa shape index (κ3) is 6.28. The van der Waals surface area contributed by atoms with Crippen LogP contribution in [0.2, 0.25) is 0 Å². The minimum absolute atomic E-state index is 0.743. The monoisotopic (exact) mass is 333 g/mol. The van der Waals surface area contributed by atoms with Gasteiger partial charge in [0.25, 0.3) is 0 Å². The minimum Gasteiger partial charge on any atom is -0.379 e. The molecule has 1 heterocycles. The molecule has 1 saturated heterocycles. The lowest BCUT2D eigenvalue weighted by Crippen LogP contribution is -2.32. The van der Waals surface area contributed by atoms with Crippen LogP contribution in [0, 0.1) is 0 Å². The van der Waals surface area contributed by atoms with Crippen LogP contribution < -0.4 is 0 Å². The van der Waals surface area contributed by atoms with Gasteiger partial charge < -0.3 is 4.74 Å². The molecular weight excluding hydrogens is 305 g/mol. The van der Waals surface area contributed by atoms with E-state index >= 15 is 0 Å². The Kier molecular flexibility index (Phi) is 10.9. The van der Waals surface area contributed by atoms with Crippen molar-refractivity contribution in [1.29, 1.82) is 0 Å². The van der Waals surface area contributed by atoms with E-state index in [0.717, 1.165) is 38.0 Å². The van der Waals surface area contributed by atoms with Crippen LogP contribution in [-0.4, -0.2) is 31.0 Å². The van der Waals surface area contributed by atoms with Crippen molar-refractivity contribution in [2.45, 2.75) is 34.1 Å². The van der Waals surface area contributed by atoms with Gasteiger partial charge in [-0.3, -0.25) is 4.67 Å². The lowest BCUT2D eigenvalue weighted by atomic mass is 10.2. The molecule has 0 spiro atoms. The summed E-state index contributed by atoms with van der Waals surface area (Å²) in [5.41, 5.74) is 1.33. The number of hydrogen-bond donors (Lipinski definition) is 1. The molecule has 0 aromatic rings. The van der Waals surface area contributed by atoms with Gasteiger partial charge in [0.05, 0.1) is 18.6 Å². The molecule has 20 heavy (non-hydrogen) atoms. The van der Waals surface area contributed by atoms with Crippen molar-refractivity contribution in [3.63, 3.8) is 0 Å². The van der Waals surface area contributed by atoms with E-state index in [-0.39, 0.29) is 0 Å². The van der Waals surface area contributed by atoms with E-state index < -0.39 is 5.39 Å². The van der Waals surface area contributed by atoms with Gasteiger partial charge in [0, 0.05) is 18.4 Å². The van der Waals surface area contributed by atoms with Crippen LogP contribution in [0.5, 0.6) is 0 Å². The summed E-state index contributed by atoms with van der Waals surface area (Å²) in [6.07, 6.45) is 7.10. The number of thiol groups is 1. The van der Waals surface area contributed by atoms with Crippen LogP contribution >= 0.6 is 17.6 Å². The molecule has 0 amide bonds. The maximum absolute atomic E-state index is 5.75. The second-order valence-electron chi connectivity index (χ2n) is 4.27. The highest BCUT2D eigenvalue weighted by atomic mass is 32.9. The second kappa shape index (κ2) is 10.8. The Morgan fingerprint density at radius 2 is 1.90 bits per heavy atom. The first-order valence-electron chi connectivity index (χ1n) is 7.18. The Bertz CT molecular complexity index is 399. The molecule has 0 radical (unpaired) electrons. The van der Waals surface area contributed by atoms with Crippen LogP contribution in [0.15, 0.2) is 35.7 Å². The van der Waals surface area contributed by atoms with Crippen LogP contribution in [0.1, 0.15) is 34.1 Å². The van der Waals surface area contributed by atoms with E-state index in [1.807, 2.05) is 19.9 Å². The van der Waals surface area contributed by atoms with Crippen LogP contribution in [0.25, 0.3) is 0 Å². The van der Waals surface area contributed by atoms with E-state index in [0.29, 0.717) is 0 Å². The van der Waals surface area contributed by atoms with Gasteiger partial charge in [-0.15, -0.1) is 12.2 Å². The van der Waals surface area contributed by atoms with Gasteiger partial charge in [0.15, 0.2) is 0 Å². The van der Waals surface area contributed by atoms with Crippen molar-refractivity contribution < 1.29 is 4.74 Å². The van der Waals surface area contributed by atoms with E-state index in [1.54, 1.807) is 0 Å². The predicted octanol–water partition coefficient (Wildman–Crippen LogP) is 5.01. The number of nitrogens with zero attached hydrogens (tertiary/aromatic N) is 1. The summed E-state index contributed by atoms with van der Waals surface area (Å²) in [7, 11) is 0. The minimum atomic E-state index is -1.97. The quantitative estimate of drug-likeness (QED) is 0.432. The van der Waals surface area contributed by atoms with E-state index in [1.165, 1.54) is 5.57 Å². The van der Waals surface area contributed by atoms with Crippen LogP contribution in [0.4, 0.5) is 0 Å². The van der Waals surface area contributed by atoms with Crippen molar-refractivity contribution in [3.05, 3.63) is 35.7 Å². The maximum atomic E-state index is 5.75. The fourth-order valence-electron chi connectivity index (χ4n) is 1.62. The molecule has 1 unspecified atom stereocenters. The van der Waals surface area contributed by atoms with Gasteiger partial charge >= 0.3 is 0 Å². The highest BCUT2D eigenvalue weighted by molar-refractivity contribution is 8.64. The van der Waals surface area contributed by atoms with Crippen molar-refractivity contribution in [1.82, 2.24) is 4.67 Å². The van der Waals surface area contributed by atoms with Gasteiger partial charge in [-0.05, 0) is 13.3 Å². The zero-order valence-corrected chi connectivity index (χ0v) is 15.7. The number of morpholine rings is 1. The maximum Gasteiger partial charge on any atom is 0.0924 e. The molecule has 1 atom stereocenters. The second-order valence-corrected chi connectivity index (χ2v) is 10.6. The molecule has 5 heteroatoms. The highest BCUT2D eigenvalue weighted by Crippen LogP contribution is 2.62. The van der Waals surface area contributed by atoms with Gasteiger partial charge in [-0.2, -0.15) is 0 Å². The first-order valence-corrected chi connectivity index (χ1v) is 11.1. The third-order valence-corrected chi connectivity index (χ3v) is 7.96. The van der Waals surface area contributed by atoms with Gasteiger partial charge in [0.2, 0.25) is 0 Å². The summed E-state index contributed by atoms with van der Waals surface area (Å²) in [5.74, 6) is 0. The Balaban J connectivity index is 0.00000172. The first-order chi connectivity index (χ1) is 9.52. The predicted molar refractivity (Wildman–Crippen MR) is 99.3 cm³/mol. The van der Waals surface area contributed by atoms with E-state index in [2.05, 4.69) is 37.2 Å². The van der Waals surface area contributed by atoms with E-state index in [9.17, 15) is 0 Å². The Morgan fingerprint density at radius 3 is 2.35 bits per heavy atom. The molecule has 1 aliphatic heterocycles. The molecule has 0 aliphatic carbocycles. The largest absolute Gasteiger partial charge is 0.379 e. The standard InChI is InChI=1S/C13H22NOPS2.C2H6/c1-4-12(3)6-7-13(5-2)16(17,18)14-8-10-15-11-9-14;1-2/h5-7H,2,4,8-11H2,1,3H3,(H,17,18);1-2H3/b12-6-,13-7+;. The molecule has 1 rings (SSSR count). The number of allylic oxidation sites excluding steroid dienone is 5. The van der Waals surface area contributed by atoms with Crippen molar-refractivity contribution in [2.24, 2.45) is 0 Å². The SMILES string of the molecule is C=C/C(=C\C=C(\C)CC)P(=S)(S)N1CCOCC1.CC. The summed E-state index contributed by atoms with van der Waals surface area (Å²) in [5, 5.41) is -0.900. The molecule has 0 bridgehead atoms. The molecule has 0 N–H and O–H groups in total. The average molecular weight is 334 g/mol. The average Bonchev–Trinajstić information content (AvgIpc) is 2.50. The molecule has 2 nitrogen and oxygen atoms in total. The Morgan fingerprint density at radius 1 is 1.35 bits per heavy atom. The summed E-state index contributed by atoms with van der Waals surface area (Å²) in [6.45, 7) is 15.4. The normalized spacial score (nSPS) is 20.6. The molecule has 1 aliphatic rings. The zero-order chi connectivity index (χ0) is 15.6. The van der Waals surface area contributed by atoms with Crippen LogP contribution in [-0.2, 0) is 16.5 Å². The van der Waals surface area contributed by atoms with Crippen molar-refractivity contribution in [2.75, 3.05) is 26.3 Å². The third-order valence-electron chi connectivity index (χ3n) is 3.01. The summed E-state index contributed by atoms with van der Waals surface area (Å²) < 4.78 is 7.62. The Labute approximate surface area is 135 Å². The van der Waals surface area contributed by atoms with Gasteiger partial charge in [0.1, 0.15) is 0 Å². The lowest BCUT2D eigenvalue weighted by Gasteiger charge is -2.34. The molecule has 116 valence electrons. The van der Waals surface area contributed by atoms with E-state index in [4.69, 9.17) is 28.8 Å². The first kappa shape index (κ1) is 20.1. The molecular formula is C15H28NOPS2. The van der Waals surface area contributed by atoms with Crippen molar-refractivity contribution >= 4 is 29.4 Å². The molecule has 1 fully saturated rings. The number of rotatable bonds is 5. The Hall–Kier alpha value is 0.140. The zero-order valence-electron chi connectivity index (χ0n) is 13.1. The smallest absolute Gasteiger partial charge is 0.0924 e. The highest BCUT2D eigenvalue weighted by Gasteiger charge is 2.26. The summed E-state index contributed by atoms with van der Waals surface area (Å²) in [4.78, 5) is 0. The summed E-state index contributed by atoms with van der Waals surface area (Å²) in [6, 6.07) is 0. The van der Waals surface area contributed by atoms with Crippen molar-refractivity contribution in [3.8, 4) is 0 Å². The molecule has 0 saturated carbocycles. The number of hydrogen-bond acceptors (Lipinski definition) is 2. The van der Waals surface area contributed by atoms with Gasteiger partial charge in [-0.25, -0.2) is 0 Å². The van der Waals surface area contributed by atoms with Gasteiger partial charge in [-0.1, -0.05) is 63.0 Å². The summed E-state index contributed by atoms with van der Waals surface area (Å²) >= 11 is 10.5. The molecule has 0 aromatic heterocycles. The topological polar surface area (TPSA) is 12.5 Å². The number of ether oxygens (including phenoxy) is 1. The van der Waals surface area contributed by atoms with Crippen LogP contribution in [0.3, 0.4) is 0 Å². The fraction of sp³-hybridized carbons (Fsp3) is 0.600.